The van der Waals surface area contributed by atoms with Crippen molar-refractivity contribution < 1.29 is 0 Å². The van der Waals surface area contributed by atoms with Crippen molar-refractivity contribution in [1.82, 2.24) is 9.80 Å². The normalized spacial score (nSPS) is 22.3. The Hall–Kier alpha value is -0.580. The Morgan fingerprint density at radius 2 is 2.17 bits per heavy atom. The lowest BCUT2D eigenvalue weighted by atomic mass is 10.1. The molecule has 1 unspecified atom stereocenters. The molecule has 100 valence electrons. The first kappa shape index (κ1) is 13.8. The molecule has 0 spiro atoms. The summed E-state index contributed by atoms with van der Waals surface area (Å²) in [6.45, 7) is 10.0. The highest BCUT2D eigenvalue weighted by Crippen LogP contribution is 2.25. The number of nitrogen functional groups attached to an aromatic ring is 1. The Labute approximate surface area is 118 Å². The molecule has 3 nitrogen and oxygen atoms in total. The molecule has 0 bridgehead atoms. The summed E-state index contributed by atoms with van der Waals surface area (Å²) in [5.74, 6) is 0. The first-order chi connectivity index (χ1) is 8.61. The van der Waals surface area contributed by atoms with Crippen molar-refractivity contribution in [1.29, 1.82) is 0 Å². The highest BCUT2D eigenvalue weighted by molar-refractivity contribution is 9.10. The molecular formula is C14H22BrN3. The number of nitrogens with two attached hydrogens (primary N) is 1. The van der Waals surface area contributed by atoms with Crippen molar-refractivity contribution in [3.63, 3.8) is 0 Å². The summed E-state index contributed by atoms with van der Waals surface area (Å²) < 4.78 is 1.12. The highest BCUT2D eigenvalue weighted by Gasteiger charge is 2.23. The van der Waals surface area contributed by atoms with Gasteiger partial charge in [-0.3, -0.25) is 9.80 Å². The molecule has 18 heavy (non-hydrogen) atoms. The van der Waals surface area contributed by atoms with E-state index < -0.39 is 0 Å². The molecule has 4 heteroatoms. The molecule has 2 rings (SSSR count). The number of hydrogen-bond acceptors (Lipinski definition) is 3. The van der Waals surface area contributed by atoms with Gasteiger partial charge < -0.3 is 5.73 Å². The SMILES string of the molecule is CCN1CCN(Cc2c(N)cccc2Br)CC1C. The van der Waals surface area contributed by atoms with Crippen LogP contribution in [0.2, 0.25) is 0 Å². The number of nitrogens with zero attached hydrogens (tertiary/aromatic N) is 2. The van der Waals surface area contributed by atoms with E-state index in [4.69, 9.17) is 5.73 Å². The van der Waals surface area contributed by atoms with Crippen LogP contribution in [0.15, 0.2) is 22.7 Å². The number of likely N-dealkylation sites (N-methyl/N-ethyl adjacent to an activating group) is 1. The van der Waals surface area contributed by atoms with Crippen molar-refractivity contribution >= 4 is 21.6 Å². The topological polar surface area (TPSA) is 32.5 Å². The minimum atomic E-state index is 0.632. The first-order valence-electron chi connectivity index (χ1n) is 6.61. The van der Waals surface area contributed by atoms with Gasteiger partial charge in [0, 0.05) is 47.9 Å². The summed E-state index contributed by atoms with van der Waals surface area (Å²) in [6.07, 6.45) is 0. The summed E-state index contributed by atoms with van der Waals surface area (Å²) in [7, 11) is 0. The number of benzene rings is 1. The second-order valence-electron chi connectivity index (χ2n) is 5.02. The van der Waals surface area contributed by atoms with E-state index in [-0.39, 0.29) is 0 Å². The Balaban J connectivity index is 2.03. The lowest BCUT2D eigenvalue weighted by Crippen LogP contribution is -2.51. The molecule has 0 aromatic heterocycles. The van der Waals surface area contributed by atoms with Gasteiger partial charge in [0.15, 0.2) is 0 Å². The van der Waals surface area contributed by atoms with Gasteiger partial charge in [-0.15, -0.1) is 0 Å². The Morgan fingerprint density at radius 1 is 1.39 bits per heavy atom. The van der Waals surface area contributed by atoms with Crippen LogP contribution >= 0.6 is 15.9 Å². The molecule has 0 amide bonds. The first-order valence-corrected chi connectivity index (χ1v) is 7.40. The summed E-state index contributed by atoms with van der Waals surface area (Å²) in [6, 6.07) is 6.66. The third kappa shape index (κ3) is 3.05. The molecule has 1 saturated heterocycles. The van der Waals surface area contributed by atoms with Crippen molar-refractivity contribution in [2.24, 2.45) is 0 Å². The van der Waals surface area contributed by atoms with E-state index in [1.807, 2.05) is 12.1 Å². The van der Waals surface area contributed by atoms with E-state index in [2.05, 4.69) is 45.6 Å². The van der Waals surface area contributed by atoms with E-state index in [1.165, 1.54) is 5.56 Å². The summed E-state index contributed by atoms with van der Waals surface area (Å²) in [5, 5.41) is 0. The largest absolute Gasteiger partial charge is 0.398 e. The van der Waals surface area contributed by atoms with Gasteiger partial charge in [0.1, 0.15) is 0 Å². The number of anilines is 1. The van der Waals surface area contributed by atoms with Gasteiger partial charge in [0.25, 0.3) is 0 Å². The predicted molar refractivity (Wildman–Crippen MR) is 80.5 cm³/mol. The average Bonchev–Trinajstić information content (AvgIpc) is 2.34. The molecule has 1 heterocycles. The zero-order valence-electron chi connectivity index (χ0n) is 11.2. The van der Waals surface area contributed by atoms with Crippen molar-refractivity contribution in [3.05, 3.63) is 28.2 Å². The Bertz CT molecular complexity index is 388. The molecule has 0 radical (unpaired) electrons. The summed E-state index contributed by atoms with van der Waals surface area (Å²) in [5.41, 5.74) is 8.16. The Morgan fingerprint density at radius 3 is 2.78 bits per heavy atom. The molecule has 0 saturated carbocycles. The minimum Gasteiger partial charge on any atom is -0.398 e. The molecule has 1 aliphatic rings. The van der Waals surface area contributed by atoms with Gasteiger partial charge >= 0.3 is 0 Å². The Kier molecular flexibility index (Phi) is 4.65. The fraction of sp³-hybridized carbons (Fsp3) is 0.571. The van der Waals surface area contributed by atoms with E-state index >= 15 is 0 Å². The van der Waals surface area contributed by atoms with Crippen LogP contribution in [-0.4, -0.2) is 42.0 Å². The third-order valence-corrected chi connectivity index (χ3v) is 4.54. The quantitative estimate of drug-likeness (QED) is 0.871. The summed E-state index contributed by atoms with van der Waals surface area (Å²) >= 11 is 3.60. The van der Waals surface area contributed by atoms with E-state index in [1.54, 1.807) is 0 Å². The maximum atomic E-state index is 6.06. The number of hydrogen-bond donors (Lipinski definition) is 1. The standard InChI is InChI=1S/C14H22BrN3/c1-3-18-8-7-17(9-11(18)2)10-12-13(15)5-4-6-14(12)16/h4-6,11H,3,7-10,16H2,1-2H3. The molecular weight excluding hydrogens is 290 g/mol. The van der Waals surface area contributed by atoms with Gasteiger partial charge in [-0.25, -0.2) is 0 Å². The second kappa shape index (κ2) is 6.04. The number of halogens is 1. The fourth-order valence-electron chi connectivity index (χ4n) is 2.65. The van der Waals surface area contributed by atoms with Crippen LogP contribution in [0.5, 0.6) is 0 Å². The predicted octanol–water partition coefficient (Wildman–Crippen LogP) is 2.56. The van der Waals surface area contributed by atoms with Crippen molar-refractivity contribution in [2.45, 2.75) is 26.4 Å². The molecule has 0 aliphatic carbocycles. The molecule has 1 aromatic carbocycles. The van der Waals surface area contributed by atoms with Gasteiger partial charge in [-0.2, -0.15) is 0 Å². The highest BCUT2D eigenvalue weighted by atomic mass is 79.9. The van der Waals surface area contributed by atoms with Crippen LogP contribution in [-0.2, 0) is 6.54 Å². The lowest BCUT2D eigenvalue weighted by Gasteiger charge is -2.39. The van der Waals surface area contributed by atoms with E-state index in [9.17, 15) is 0 Å². The van der Waals surface area contributed by atoms with Crippen LogP contribution < -0.4 is 5.73 Å². The van der Waals surface area contributed by atoms with Crippen LogP contribution in [0, 0.1) is 0 Å². The van der Waals surface area contributed by atoms with Crippen LogP contribution in [0.3, 0.4) is 0 Å². The zero-order valence-corrected chi connectivity index (χ0v) is 12.8. The van der Waals surface area contributed by atoms with Crippen molar-refractivity contribution in [2.75, 3.05) is 31.9 Å². The average molecular weight is 312 g/mol. The van der Waals surface area contributed by atoms with Crippen LogP contribution in [0.4, 0.5) is 5.69 Å². The lowest BCUT2D eigenvalue weighted by molar-refractivity contribution is 0.0834. The van der Waals surface area contributed by atoms with Gasteiger partial charge in [-0.1, -0.05) is 28.9 Å². The van der Waals surface area contributed by atoms with Crippen LogP contribution in [0.25, 0.3) is 0 Å². The maximum absolute atomic E-state index is 6.06. The van der Waals surface area contributed by atoms with Gasteiger partial charge in [0.05, 0.1) is 0 Å². The second-order valence-corrected chi connectivity index (χ2v) is 5.87. The van der Waals surface area contributed by atoms with Gasteiger partial charge in [0.2, 0.25) is 0 Å². The molecule has 1 fully saturated rings. The molecule has 1 aromatic rings. The smallest absolute Gasteiger partial charge is 0.0371 e. The maximum Gasteiger partial charge on any atom is 0.0371 e. The minimum absolute atomic E-state index is 0.632. The van der Waals surface area contributed by atoms with Gasteiger partial charge in [-0.05, 0) is 25.6 Å². The fourth-order valence-corrected chi connectivity index (χ4v) is 3.16. The monoisotopic (exact) mass is 311 g/mol. The molecule has 1 atom stereocenters. The van der Waals surface area contributed by atoms with Crippen molar-refractivity contribution in [3.8, 4) is 0 Å². The van der Waals surface area contributed by atoms with Crippen LogP contribution in [0.1, 0.15) is 19.4 Å². The number of piperazine rings is 1. The number of rotatable bonds is 3. The van der Waals surface area contributed by atoms with E-state index in [0.717, 1.165) is 42.9 Å². The summed E-state index contributed by atoms with van der Waals surface area (Å²) in [4.78, 5) is 5.02. The molecule has 1 aliphatic heterocycles. The molecule has 2 N–H and O–H groups in total. The van der Waals surface area contributed by atoms with E-state index in [0.29, 0.717) is 6.04 Å². The third-order valence-electron chi connectivity index (χ3n) is 3.79. The zero-order chi connectivity index (χ0) is 13.1.